The fourth-order valence-electron chi connectivity index (χ4n) is 3.39. The highest BCUT2D eigenvalue weighted by atomic mass is 35.5. The van der Waals surface area contributed by atoms with Gasteiger partial charge in [-0.2, -0.15) is 0 Å². The Morgan fingerprint density at radius 3 is 2.76 bits per heavy atom. The van der Waals surface area contributed by atoms with Gasteiger partial charge in [-0.05, 0) is 36.6 Å². The predicted octanol–water partition coefficient (Wildman–Crippen LogP) is 2.44. The molecule has 7 heteroatoms. The highest BCUT2D eigenvalue weighted by Crippen LogP contribution is 2.23. The number of nitrogens with zero attached hydrogens (tertiary/aromatic N) is 2. The largest absolute Gasteiger partial charge is 0.369 e. The molecule has 154 valence electrons. The van der Waals surface area contributed by atoms with E-state index in [-0.39, 0.29) is 18.5 Å². The van der Waals surface area contributed by atoms with Crippen LogP contribution in [0.4, 0.5) is 5.69 Å². The second kappa shape index (κ2) is 10.7. The third kappa shape index (κ3) is 6.68. The van der Waals surface area contributed by atoms with Crippen LogP contribution in [0.25, 0.3) is 0 Å². The van der Waals surface area contributed by atoms with Gasteiger partial charge >= 0.3 is 0 Å². The topological polar surface area (TPSA) is 68.8 Å². The first-order chi connectivity index (χ1) is 14.1. The fourth-order valence-corrected chi connectivity index (χ4v) is 3.58. The lowest BCUT2D eigenvalue weighted by molar-refractivity contribution is -0.119. The molecule has 0 bridgehead atoms. The normalized spacial score (nSPS) is 16.6. The predicted molar refractivity (Wildman–Crippen MR) is 120 cm³/mol. The van der Waals surface area contributed by atoms with Gasteiger partial charge in [-0.25, -0.2) is 0 Å². The quantitative estimate of drug-likeness (QED) is 0.481. The lowest BCUT2D eigenvalue weighted by Gasteiger charge is -2.20. The number of hydrogen-bond donors (Lipinski definition) is 3. The molecule has 2 aromatic carbocycles. The van der Waals surface area contributed by atoms with Crippen LogP contribution in [0.15, 0.2) is 59.6 Å². The van der Waals surface area contributed by atoms with Crippen LogP contribution < -0.4 is 20.9 Å². The first kappa shape index (κ1) is 21.0. The summed E-state index contributed by atoms with van der Waals surface area (Å²) in [5, 5.41) is 10.2. The monoisotopic (exact) mass is 413 g/mol. The molecule has 1 aliphatic rings. The fraction of sp³-hybridized carbons (Fsp3) is 0.364. The molecule has 2 aromatic rings. The Kier molecular flexibility index (Phi) is 7.76. The Hall–Kier alpha value is -2.73. The van der Waals surface area contributed by atoms with Gasteiger partial charge in [-0.3, -0.25) is 9.79 Å². The molecule has 1 aliphatic heterocycles. The van der Waals surface area contributed by atoms with Crippen molar-refractivity contribution in [1.29, 1.82) is 0 Å². The van der Waals surface area contributed by atoms with E-state index in [1.807, 2.05) is 36.4 Å². The number of guanidine groups is 1. The molecule has 1 fully saturated rings. The van der Waals surface area contributed by atoms with E-state index in [1.165, 1.54) is 5.56 Å². The minimum atomic E-state index is -0.0455. The van der Waals surface area contributed by atoms with Crippen LogP contribution >= 0.6 is 11.6 Å². The smallest absolute Gasteiger partial charge is 0.239 e. The first-order valence-corrected chi connectivity index (χ1v) is 10.3. The molecule has 3 N–H and O–H groups in total. The Bertz CT molecular complexity index is 827. The number of hydrogen-bond acceptors (Lipinski definition) is 3. The van der Waals surface area contributed by atoms with Crippen molar-refractivity contribution in [3.05, 3.63) is 65.2 Å². The van der Waals surface area contributed by atoms with Gasteiger partial charge in [0.2, 0.25) is 5.91 Å². The molecule has 0 aliphatic carbocycles. The van der Waals surface area contributed by atoms with Gasteiger partial charge < -0.3 is 20.9 Å². The van der Waals surface area contributed by atoms with Gasteiger partial charge in [-0.15, -0.1) is 0 Å². The van der Waals surface area contributed by atoms with Gasteiger partial charge in [0.15, 0.2) is 5.96 Å². The first-order valence-electron chi connectivity index (χ1n) is 9.92. The van der Waals surface area contributed by atoms with E-state index in [0.29, 0.717) is 12.5 Å². The van der Waals surface area contributed by atoms with Crippen LogP contribution in [0.2, 0.25) is 5.02 Å². The molecule has 29 heavy (non-hydrogen) atoms. The molecule has 1 unspecified atom stereocenters. The number of aliphatic imine (C=N–C) groups is 1. The molecule has 1 atom stereocenters. The zero-order chi connectivity index (χ0) is 20.5. The van der Waals surface area contributed by atoms with E-state index in [0.717, 1.165) is 36.6 Å². The average molecular weight is 414 g/mol. The second-order valence-electron chi connectivity index (χ2n) is 7.07. The molecule has 0 saturated carbocycles. The van der Waals surface area contributed by atoms with Crippen LogP contribution in [0.3, 0.4) is 0 Å². The van der Waals surface area contributed by atoms with Crippen molar-refractivity contribution in [2.45, 2.75) is 18.9 Å². The number of halogens is 1. The summed E-state index contributed by atoms with van der Waals surface area (Å²) >= 11 is 6.10. The van der Waals surface area contributed by atoms with Gasteiger partial charge in [0.25, 0.3) is 0 Å². The summed E-state index contributed by atoms with van der Waals surface area (Å²) in [5.41, 5.74) is 2.34. The Labute approximate surface area is 177 Å². The highest BCUT2D eigenvalue weighted by Gasteiger charge is 2.23. The van der Waals surface area contributed by atoms with Crippen LogP contribution in [-0.4, -0.2) is 51.1 Å². The van der Waals surface area contributed by atoms with Crippen LogP contribution in [0.1, 0.15) is 12.0 Å². The summed E-state index contributed by atoms with van der Waals surface area (Å²) in [6.45, 7) is 2.63. The van der Waals surface area contributed by atoms with Crippen LogP contribution in [0.5, 0.6) is 0 Å². The number of benzene rings is 2. The minimum absolute atomic E-state index is 0.0455. The number of anilines is 1. The van der Waals surface area contributed by atoms with Crippen molar-refractivity contribution < 1.29 is 4.79 Å². The van der Waals surface area contributed by atoms with E-state index in [1.54, 1.807) is 7.05 Å². The number of carbonyl (C=O) groups excluding carboxylic acids is 1. The van der Waals surface area contributed by atoms with Crippen molar-refractivity contribution in [3.8, 4) is 0 Å². The SMILES string of the molecule is CN=C(NCC(=O)NCCc1ccccc1)NC1CCN(c2cccc(Cl)c2)C1. The number of carbonyl (C=O) groups is 1. The summed E-state index contributed by atoms with van der Waals surface area (Å²) in [6, 6.07) is 18.3. The average Bonchev–Trinajstić information content (AvgIpc) is 3.20. The summed E-state index contributed by atoms with van der Waals surface area (Å²) in [4.78, 5) is 18.6. The summed E-state index contributed by atoms with van der Waals surface area (Å²) in [5.74, 6) is 0.594. The van der Waals surface area contributed by atoms with E-state index >= 15 is 0 Å². The maximum Gasteiger partial charge on any atom is 0.239 e. The molecule has 1 saturated heterocycles. The van der Waals surface area contributed by atoms with E-state index in [2.05, 4.69) is 44.0 Å². The third-order valence-corrected chi connectivity index (χ3v) is 5.16. The Balaban J connectivity index is 1.37. The van der Waals surface area contributed by atoms with Crippen molar-refractivity contribution in [1.82, 2.24) is 16.0 Å². The Morgan fingerprint density at radius 2 is 2.00 bits per heavy atom. The van der Waals surface area contributed by atoms with E-state index in [4.69, 9.17) is 11.6 Å². The van der Waals surface area contributed by atoms with Crippen LogP contribution in [-0.2, 0) is 11.2 Å². The molecule has 0 radical (unpaired) electrons. The summed E-state index contributed by atoms with van der Waals surface area (Å²) in [7, 11) is 1.71. The maximum absolute atomic E-state index is 12.1. The van der Waals surface area contributed by atoms with Crippen LogP contribution in [0, 0.1) is 0 Å². The molecule has 0 aromatic heterocycles. The van der Waals surface area contributed by atoms with Gasteiger partial charge in [0.05, 0.1) is 6.54 Å². The number of amides is 1. The molecule has 0 spiro atoms. The lowest BCUT2D eigenvalue weighted by atomic mass is 10.1. The highest BCUT2D eigenvalue weighted by molar-refractivity contribution is 6.30. The molecule has 3 rings (SSSR count). The van der Waals surface area contributed by atoms with Crippen molar-refractivity contribution in [2.75, 3.05) is 38.1 Å². The molecular formula is C22H28ClN5O. The number of nitrogens with one attached hydrogen (secondary N) is 3. The van der Waals surface area contributed by atoms with Crippen molar-refractivity contribution in [3.63, 3.8) is 0 Å². The standard InChI is InChI=1S/C22H28ClN5O/c1-24-22(26-15-21(29)25-12-10-17-6-3-2-4-7-17)27-19-11-13-28(16-19)20-9-5-8-18(23)14-20/h2-9,14,19H,10-13,15-16H2,1H3,(H,25,29)(H2,24,26,27). The van der Waals surface area contributed by atoms with E-state index in [9.17, 15) is 4.79 Å². The van der Waals surface area contributed by atoms with E-state index < -0.39 is 0 Å². The molecule has 1 amide bonds. The maximum atomic E-state index is 12.1. The van der Waals surface area contributed by atoms with Gasteiger partial charge in [0.1, 0.15) is 0 Å². The van der Waals surface area contributed by atoms with Gasteiger partial charge in [-0.1, -0.05) is 48.0 Å². The molecule has 1 heterocycles. The van der Waals surface area contributed by atoms with Gasteiger partial charge in [0, 0.05) is 43.4 Å². The molecule has 6 nitrogen and oxygen atoms in total. The third-order valence-electron chi connectivity index (χ3n) is 4.92. The second-order valence-corrected chi connectivity index (χ2v) is 7.50. The molecular weight excluding hydrogens is 386 g/mol. The Morgan fingerprint density at radius 1 is 1.17 bits per heavy atom. The summed E-state index contributed by atoms with van der Waals surface area (Å²) < 4.78 is 0. The zero-order valence-electron chi connectivity index (χ0n) is 16.7. The van der Waals surface area contributed by atoms with Crippen molar-refractivity contribution >= 4 is 29.2 Å². The zero-order valence-corrected chi connectivity index (χ0v) is 17.5. The minimum Gasteiger partial charge on any atom is -0.369 e. The van der Waals surface area contributed by atoms with Crippen molar-refractivity contribution in [2.24, 2.45) is 4.99 Å². The summed E-state index contributed by atoms with van der Waals surface area (Å²) in [6.07, 6.45) is 1.82. The number of rotatable bonds is 7. The lowest BCUT2D eigenvalue weighted by Crippen LogP contribution is -2.47.